The van der Waals surface area contributed by atoms with E-state index in [1.165, 1.54) is 0 Å². The van der Waals surface area contributed by atoms with Crippen LogP contribution in [0.5, 0.6) is 0 Å². The minimum atomic E-state index is -1.26. The minimum Gasteiger partial charge on any atom is -0.465 e. The number of aliphatic hydroxyl groups is 1. The molecule has 5 N–H and O–H groups in total. The summed E-state index contributed by atoms with van der Waals surface area (Å²) in [6.07, 6.45) is -0.119. The molecule has 1 aliphatic rings. The third-order valence-corrected chi connectivity index (χ3v) is 5.57. The molecule has 1 aromatic carbocycles. The van der Waals surface area contributed by atoms with Gasteiger partial charge in [-0.05, 0) is 30.0 Å². The van der Waals surface area contributed by atoms with E-state index in [0.717, 1.165) is 11.3 Å². The first-order valence-electron chi connectivity index (χ1n) is 10.0. The fourth-order valence-electron chi connectivity index (χ4n) is 3.83. The van der Waals surface area contributed by atoms with Gasteiger partial charge in [-0.1, -0.05) is 50.2 Å². The molecular formula is C22H28N4O4. The van der Waals surface area contributed by atoms with E-state index in [9.17, 15) is 19.8 Å². The number of aliphatic hydroxyl groups excluding tert-OH is 1. The number of pyridine rings is 1. The molecule has 2 amide bonds. The van der Waals surface area contributed by atoms with Crippen LogP contribution in [0.3, 0.4) is 0 Å². The number of hydrogen-bond donors (Lipinski definition) is 5. The van der Waals surface area contributed by atoms with Crippen molar-refractivity contribution in [3.63, 3.8) is 0 Å². The molecular weight excluding hydrogens is 384 g/mol. The van der Waals surface area contributed by atoms with E-state index in [1.807, 2.05) is 62.4 Å². The Hall–Kier alpha value is -2.97. The molecule has 30 heavy (non-hydrogen) atoms. The van der Waals surface area contributed by atoms with Crippen molar-refractivity contribution < 1.29 is 19.8 Å². The maximum Gasteiger partial charge on any atom is 0.404 e. The van der Waals surface area contributed by atoms with Crippen molar-refractivity contribution in [3.05, 3.63) is 66.0 Å². The number of carbonyl (C=O) groups excluding carboxylic acids is 1. The van der Waals surface area contributed by atoms with Crippen molar-refractivity contribution in [2.45, 2.75) is 50.5 Å². The summed E-state index contributed by atoms with van der Waals surface area (Å²) < 4.78 is 0. The van der Waals surface area contributed by atoms with E-state index in [0.29, 0.717) is 6.42 Å². The van der Waals surface area contributed by atoms with E-state index in [2.05, 4.69) is 20.9 Å². The molecule has 1 saturated heterocycles. The molecule has 8 nitrogen and oxygen atoms in total. The van der Waals surface area contributed by atoms with Crippen molar-refractivity contribution in [1.82, 2.24) is 20.9 Å². The fourth-order valence-corrected chi connectivity index (χ4v) is 3.83. The SMILES string of the molecule is CC(C)C1(Cc2ccccn2)NC(=O)C(C(O)C(Cc2ccccc2)NC(=O)O)N1. The largest absolute Gasteiger partial charge is 0.465 e. The van der Waals surface area contributed by atoms with Gasteiger partial charge in [0.15, 0.2) is 0 Å². The van der Waals surface area contributed by atoms with Gasteiger partial charge in [0.05, 0.1) is 17.8 Å². The quantitative estimate of drug-likeness (QED) is 0.445. The zero-order valence-corrected chi connectivity index (χ0v) is 17.1. The molecule has 1 aliphatic heterocycles. The smallest absolute Gasteiger partial charge is 0.404 e. The van der Waals surface area contributed by atoms with E-state index < -0.39 is 29.9 Å². The van der Waals surface area contributed by atoms with E-state index in [-0.39, 0.29) is 18.2 Å². The molecule has 8 heteroatoms. The summed E-state index contributed by atoms with van der Waals surface area (Å²) >= 11 is 0. The van der Waals surface area contributed by atoms with Crippen LogP contribution in [0, 0.1) is 5.92 Å². The number of nitrogens with zero attached hydrogens (tertiary/aromatic N) is 1. The number of hydrogen-bond acceptors (Lipinski definition) is 5. The second-order valence-corrected chi connectivity index (χ2v) is 7.97. The van der Waals surface area contributed by atoms with Gasteiger partial charge in [0, 0.05) is 18.3 Å². The molecule has 4 unspecified atom stereocenters. The normalized spacial score (nSPS) is 23.1. The molecule has 0 spiro atoms. The highest BCUT2D eigenvalue weighted by Crippen LogP contribution is 2.26. The Balaban J connectivity index is 1.81. The topological polar surface area (TPSA) is 124 Å². The van der Waals surface area contributed by atoms with Gasteiger partial charge in [-0.2, -0.15) is 0 Å². The lowest BCUT2D eigenvalue weighted by molar-refractivity contribution is -0.123. The van der Waals surface area contributed by atoms with Gasteiger partial charge in [-0.15, -0.1) is 0 Å². The van der Waals surface area contributed by atoms with Crippen molar-refractivity contribution in [1.29, 1.82) is 0 Å². The molecule has 160 valence electrons. The molecule has 2 aromatic rings. The van der Waals surface area contributed by atoms with Crippen LogP contribution in [-0.4, -0.2) is 51.0 Å². The summed E-state index contributed by atoms with van der Waals surface area (Å²) in [6.45, 7) is 3.95. The van der Waals surface area contributed by atoms with Crippen LogP contribution in [0.15, 0.2) is 54.7 Å². The molecule has 4 atom stereocenters. The number of carbonyl (C=O) groups is 2. The molecule has 0 radical (unpaired) electrons. The lowest BCUT2D eigenvalue weighted by Gasteiger charge is -2.35. The lowest BCUT2D eigenvalue weighted by atomic mass is 9.90. The number of nitrogens with one attached hydrogen (secondary N) is 3. The predicted octanol–water partition coefficient (Wildman–Crippen LogP) is 1.30. The molecule has 1 aromatic heterocycles. The molecule has 0 bridgehead atoms. The minimum absolute atomic E-state index is 0.000613. The Kier molecular flexibility index (Phi) is 6.69. The first-order valence-corrected chi connectivity index (χ1v) is 10.0. The molecule has 1 fully saturated rings. The van der Waals surface area contributed by atoms with Crippen LogP contribution in [0.25, 0.3) is 0 Å². The van der Waals surface area contributed by atoms with Gasteiger partial charge < -0.3 is 20.8 Å². The zero-order valence-electron chi connectivity index (χ0n) is 17.1. The van der Waals surface area contributed by atoms with E-state index in [1.54, 1.807) is 6.20 Å². The summed E-state index contributed by atoms with van der Waals surface area (Å²) in [5, 5.41) is 28.9. The third-order valence-electron chi connectivity index (χ3n) is 5.57. The Morgan fingerprint density at radius 2 is 1.90 bits per heavy atom. The Morgan fingerprint density at radius 1 is 1.20 bits per heavy atom. The van der Waals surface area contributed by atoms with Crippen LogP contribution < -0.4 is 16.0 Å². The Morgan fingerprint density at radius 3 is 2.50 bits per heavy atom. The van der Waals surface area contributed by atoms with Crippen LogP contribution in [-0.2, 0) is 17.6 Å². The van der Waals surface area contributed by atoms with E-state index in [4.69, 9.17) is 0 Å². The first-order chi connectivity index (χ1) is 14.3. The van der Waals surface area contributed by atoms with Gasteiger partial charge >= 0.3 is 6.09 Å². The zero-order chi connectivity index (χ0) is 21.7. The first kappa shape index (κ1) is 21.7. The second kappa shape index (κ2) is 9.23. The van der Waals surface area contributed by atoms with Crippen molar-refractivity contribution >= 4 is 12.0 Å². The molecule has 2 heterocycles. The number of rotatable bonds is 8. The summed E-state index contributed by atoms with van der Waals surface area (Å²) in [7, 11) is 0. The van der Waals surface area contributed by atoms with Gasteiger partial charge in [0.25, 0.3) is 0 Å². The highest BCUT2D eigenvalue weighted by Gasteiger charge is 2.49. The molecule has 0 saturated carbocycles. The van der Waals surface area contributed by atoms with Gasteiger partial charge in [0.1, 0.15) is 6.04 Å². The van der Waals surface area contributed by atoms with Crippen molar-refractivity contribution in [2.75, 3.05) is 0 Å². The standard InChI is InChI=1S/C22H28N4O4/c1-14(2)22(13-16-10-6-7-11-23-16)25-18(20(28)26-22)19(27)17(24-21(29)30)12-15-8-4-3-5-9-15/h3-11,14,17-19,24-25,27H,12-13H2,1-2H3,(H,26,28)(H,29,30). The summed E-state index contributed by atoms with van der Waals surface area (Å²) in [5.74, 6) is -0.363. The number of amides is 2. The van der Waals surface area contributed by atoms with Gasteiger partial charge in [-0.3, -0.25) is 15.1 Å². The number of benzene rings is 1. The highest BCUT2D eigenvalue weighted by molar-refractivity contribution is 5.86. The van der Waals surface area contributed by atoms with Gasteiger partial charge in [-0.25, -0.2) is 4.79 Å². The summed E-state index contributed by atoms with van der Waals surface area (Å²) in [5.41, 5.74) is 0.869. The van der Waals surface area contributed by atoms with Crippen molar-refractivity contribution in [3.8, 4) is 0 Å². The highest BCUT2D eigenvalue weighted by atomic mass is 16.4. The van der Waals surface area contributed by atoms with Crippen LogP contribution >= 0.6 is 0 Å². The Labute approximate surface area is 175 Å². The fraction of sp³-hybridized carbons (Fsp3) is 0.409. The average Bonchev–Trinajstić information content (AvgIpc) is 3.05. The lowest BCUT2D eigenvalue weighted by Crippen LogP contribution is -2.59. The predicted molar refractivity (Wildman–Crippen MR) is 112 cm³/mol. The van der Waals surface area contributed by atoms with Crippen LogP contribution in [0.2, 0.25) is 0 Å². The number of carboxylic acid groups (broad SMARTS) is 1. The van der Waals surface area contributed by atoms with Crippen molar-refractivity contribution in [2.24, 2.45) is 5.92 Å². The second-order valence-electron chi connectivity index (χ2n) is 7.97. The maximum absolute atomic E-state index is 12.8. The van der Waals surface area contributed by atoms with Crippen LogP contribution in [0.4, 0.5) is 4.79 Å². The van der Waals surface area contributed by atoms with E-state index >= 15 is 0 Å². The monoisotopic (exact) mass is 412 g/mol. The molecule has 3 rings (SSSR count). The molecule has 0 aliphatic carbocycles. The summed E-state index contributed by atoms with van der Waals surface area (Å²) in [6, 6.07) is 13.0. The average molecular weight is 412 g/mol. The number of aromatic nitrogens is 1. The Bertz CT molecular complexity index is 862. The van der Waals surface area contributed by atoms with Crippen LogP contribution in [0.1, 0.15) is 25.1 Å². The maximum atomic E-state index is 12.8. The summed E-state index contributed by atoms with van der Waals surface area (Å²) in [4.78, 5) is 28.5. The van der Waals surface area contributed by atoms with Gasteiger partial charge in [0.2, 0.25) is 5.91 Å². The third kappa shape index (κ3) is 4.95.